The highest BCUT2D eigenvalue weighted by molar-refractivity contribution is 5.71. The second kappa shape index (κ2) is 13.4. The van der Waals surface area contributed by atoms with E-state index in [1.165, 1.54) is 18.2 Å². The number of nitro groups is 1. The largest absolute Gasteiger partial charge is 0.482 e. The van der Waals surface area contributed by atoms with Gasteiger partial charge in [0.05, 0.1) is 17.1 Å². The molecule has 0 aliphatic heterocycles. The summed E-state index contributed by atoms with van der Waals surface area (Å²) in [5, 5.41) is 11.5. The van der Waals surface area contributed by atoms with Crippen LogP contribution >= 0.6 is 0 Å². The Bertz CT molecular complexity index is 1530. The van der Waals surface area contributed by atoms with E-state index in [1.54, 1.807) is 67.3 Å². The highest BCUT2D eigenvalue weighted by atomic mass is 19.1. The molecule has 0 saturated carbocycles. The van der Waals surface area contributed by atoms with Crippen molar-refractivity contribution in [1.82, 2.24) is 0 Å². The van der Waals surface area contributed by atoms with E-state index < -0.39 is 22.5 Å². The quantitative estimate of drug-likeness (QED) is 0.103. The van der Waals surface area contributed by atoms with Crippen LogP contribution in [0.3, 0.4) is 0 Å². The molecule has 4 aromatic carbocycles. The molecule has 0 aliphatic rings. The predicted octanol–water partition coefficient (Wildman–Crippen LogP) is 7.12. The van der Waals surface area contributed by atoms with Gasteiger partial charge >= 0.3 is 5.97 Å². The topological polar surface area (TPSA) is 91.1 Å². The maximum Gasteiger partial charge on any atom is 0.344 e. The summed E-state index contributed by atoms with van der Waals surface area (Å²) in [6.45, 7) is 3.76. The normalized spacial score (nSPS) is 10.6. The van der Waals surface area contributed by atoms with Crippen LogP contribution in [-0.2, 0) is 22.6 Å². The zero-order chi connectivity index (χ0) is 29.4. The van der Waals surface area contributed by atoms with Gasteiger partial charge in [0.2, 0.25) is 0 Å². The average Bonchev–Trinajstić information content (AvgIpc) is 2.94. The maximum atomic E-state index is 14.6. The molecule has 0 fully saturated rings. The summed E-state index contributed by atoms with van der Waals surface area (Å²) in [5.41, 5.74) is 2.02. The molecule has 8 nitrogen and oxygen atoms in total. The van der Waals surface area contributed by atoms with Gasteiger partial charge in [-0.1, -0.05) is 30.3 Å². The monoisotopic (exact) mass is 562 g/mol. The molecule has 41 heavy (non-hydrogen) atoms. The molecule has 0 radical (unpaired) electrons. The molecular weight excluding hydrogens is 534 g/mol. The standard InChI is InChI=1S/C31H28F2N2O6/c1-3-39-31(36)20-40-26-6-4-7-27(17-26)41-25-14-10-22(11-15-25)18-34(19-23-12-13-24(32)16-28(23)33)29-8-5-9-30(21(29)2)35(37)38/h4-17H,3,18-20H2,1-2H3. The molecule has 212 valence electrons. The van der Waals surface area contributed by atoms with Crippen LogP contribution in [0, 0.1) is 28.7 Å². The smallest absolute Gasteiger partial charge is 0.344 e. The molecule has 0 atom stereocenters. The molecule has 4 aromatic rings. The van der Waals surface area contributed by atoms with E-state index in [0.29, 0.717) is 28.5 Å². The second-order valence-corrected chi connectivity index (χ2v) is 9.08. The van der Waals surface area contributed by atoms with Gasteiger partial charge in [-0.05, 0) is 55.8 Å². The van der Waals surface area contributed by atoms with Crippen molar-refractivity contribution in [2.45, 2.75) is 26.9 Å². The molecule has 0 bridgehead atoms. The first-order valence-corrected chi connectivity index (χ1v) is 12.8. The first kappa shape index (κ1) is 29.0. The number of rotatable bonds is 12. The van der Waals surface area contributed by atoms with Gasteiger partial charge in [-0.25, -0.2) is 13.6 Å². The first-order chi connectivity index (χ1) is 19.7. The Morgan fingerprint density at radius 1 is 0.902 bits per heavy atom. The van der Waals surface area contributed by atoms with Crippen LogP contribution in [0.15, 0.2) is 84.9 Å². The number of halogens is 2. The van der Waals surface area contributed by atoms with Crippen molar-refractivity contribution >= 4 is 17.3 Å². The molecule has 4 rings (SSSR count). The maximum absolute atomic E-state index is 14.6. The zero-order valence-corrected chi connectivity index (χ0v) is 22.5. The molecule has 0 unspecified atom stereocenters. The van der Waals surface area contributed by atoms with Gasteiger partial charge in [-0.2, -0.15) is 0 Å². The summed E-state index contributed by atoms with van der Waals surface area (Å²) in [5.74, 6) is -0.362. The number of hydrogen-bond donors (Lipinski definition) is 0. The molecule has 0 saturated heterocycles. The fourth-order valence-corrected chi connectivity index (χ4v) is 4.23. The molecule has 10 heteroatoms. The van der Waals surface area contributed by atoms with Crippen LogP contribution in [-0.4, -0.2) is 24.1 Å². The van der Waals surface area contributed by atoms with Gasteiger partial charge < -0.3 is 19.1 Å². The summed E-state index contributed by atoms with van der Waals surface area (Å²) >= 11 is 0. The highest BCUT2D eigenvalue weighted by Crippen LogP contribution is 2.32. The van der Waals surface area contributed by atoms with Crippen molar-refractivity contribution in [3.05, 3.63) is 123 Å². The number of ether oxygens (including phenoxy) is 3. The molecule has 0 spiro atoms. The van der Waals surface area contributed by atoms with Crippen LogP contribution in [0.4, 0.5) is 20.2 Å². The number of carbonyl (C=O) groups excluding carboxylic acids is 1. The molecule has 0 aromatic heterocycles. The fourth-order valence-electron chi connectivity index (χ4n) is 4.23. The van der Waals surface area contributed by atoms with Crippen LogP contribution in [0.1, 0.15) is 23.6 Å². The zero-order valence-electron chi connectivity index (χ0n) is 22.5. The Balaban J connectivity index is 1.52. The van der Waals surface area contributed by atoms with Crippen molar-refractivity contribution in [2.75, 3.05) is 18.1 Å². The van der Waals surface area contributed by atoms with E-state index in [-0.39, 0.29) is 37.6 Å². The van der Waals surface area contributed by atoms with E-state index >= 15 is 0 Å². The van der Waals surface area contributed by atoms with Crippen LogP contribution in [0.5, 0.6) is 17.2 Å². The molecule has 0 aliphatic carbocycles. The number of benzene rings is 4. The van der Waals surface area contributed by atoms with E-state index in [2.05, 4.69) is 0 Å². The lowest BCUT2D eigenvalue weighted by atomic mass is 10.1. The van der Waals surface area contributed by atoms with Gasteiger partial charge in [-0.3, -0.25) is 10.1 Å². The van der Waals surface area contributed by atoms with E-state index in [9.17, 15) is 23.7 Å². The molecule has 0 heterocycles. The summed E-state index contributed by atoms with van der Waals surface area (Å²) in [6, 6.07) is 22.1. The van der Waals surface area contributed by atoms with Gasteiger partial charge in [0.15, 0.2) is 6.61 Å². The Labute approximate surface area is 235 Å². The van der Waals surface area contributed by atoms with Crippen molar-refractivity contribution in [3.8, 4) is 17.2 Å². The second-order valence-electron chi connectivity index (χ2n) is 9.08. The Morgan fingerprint density at radius 2 is 1.63 bits per heavy atom. The Hall–Kier alpha value is -4.99. The van der Waals surface area contributed by atoms with Gasteiger partial charge in [0.25, 0.3) is 5.69 Å². The molecular formula is C31H28F2N2O6. The number of carbonyl (C=O) groups is 1. The third-order valence-corrected chi connectivity index (χ3v) is 6.19. The lowest BCUT2D eigenvalue weighted by Crippen LogP contribution is -2.24. The van der Waals surface area contributed by atoms with Crippen LogP contribution in [0.25, 0.3) is 0 Å². The number of nitrogens with zero attached hydrogens (tertiary/aromatic N) is 2. The van der Waals surface area contributed by atoms with Crippen LogP contribution < -0.4 is 14.4 Å². The summed E-state index contributed by atoms with van der Waals surface area (Å²) in [7, 11) is 0. The Morgan fingerprint density at radius 3 is 2.34 bits per heavy atom. The minimum absolute atomic E-state index is 0.0516. The number of hydrogen-bond acceptors (Lipinski definition) is 7. The summed E-state index contributed by atoms with van der Waals surface area (Å²) in [4.78, 5) is 24.4. The average molecular weight is 563 g/mol. The summed E-state index contributed by atoms with van der Waals surface area (Å²) < 4.78 is 44.3. The summed E-state index contributed by atoms with van der Waals surface area (Å²) in [6.07, 6.45) is 0. The third-order valence-electron chi connectivity index (χ3n) is 6.19. The first-order valence-electron chi connectivity index (χ1n) is 12.8. The number of nitro benzene ring substituents is 1. The SMILES string of the molecule is CCOC(=O)COc1cccc(Oc2ccc(CN(Cc3ccc(F)cc3F)c3cccc([N+](=O)[O-])c3C)cc2)c1. The molecule has 0 amide bonds. The van der Waals surface area contributed by atoms with Gasteiger partial charge in [-0.15, -0.1) is 0 Å². The third kappa shape index (κ3) is 7.78. The minimum Gasteiger partial charge on any atom is -0.482 e. The van der Waals surface area contributed by atoms with Gasteiger partial charge in [0, 0.05) is 42.5 Å². The highest BCUT2D eigenvalue weighted by Gasteiger charge is 2.20. The van der Waals surface area contributed by atoms with E-state index in [4.69, 9.17) is 14.2 Å². The number of anilines is 1. The fraction of sp³-hybridized carbons (Fsp3) is 0.194. The van der Waals surface area contributed by atoms with Crippen molar-refractivity contribution < 1.29 is 32.7 Å². The van der Waals surface area contributed by atoms with Crippen LogP contribution in [0.2, 0.25) is 0 Å². The van der Waals surface area contributed by atoms with Crippen molar-refractivity contribution in [1.29, 1.82) is 0 Å². The van der Waals surface area contributed by atoms with Gasteiger partial charge in [0.1, 0.15) is 28.9 Å². The minimum atomic E-state index is -0.699. The lowest BCUT2D eigenvalue weighted by molar-refractivity contribution is -0.385. The van der Waals surface area contributed by atoms with E-state index in [1.807, 2.05) is 12.1 Å². The number of esters is 1. The van der Waals surface area contributed by atoms with Crippen molar-refractivity contribution in [3.63, 3.8) is 0 Å². The molecule has 0 N–H and O–H groups in total. The lowest BCUT2D eigenvalue weighted by Gasteiger charge is -2.27. The van der Waals surface area contributed by atoms with Crippen molar-refractivity contribution in [2.24, 2.45) is 0 Å². The van der Waals surface area contributed by atoms with E-state index in [0.717, 1.165) is 11.6 Å². The predicted molar refractivity (Wildman–Crippen MR) is 149 cm³/mol. The Kier molecular flexibility index (Phi) is 9.47.